The first-order valence-electron chi connectivity index (χ1n) is 11.2. The molecule has 1 saturated heterocycles. The molecule has 0 bridgehead atoms. The van der Waals surface area contributed by atoms with Crippen LogP contribution in [0.25, 0.3) is 0 Å². The van der Waals surface area contributed by atoms with Crippen LogP contribution >= 0.6 is 0 Å². The van der Waals surface area contributed by atoms with E-state index in [9.17, 15) is 4.79 Å². The Labute approximate surface area is 194 Å². The summed E-state index contributed by atoms with van der Waals surface area (Å²) in [6.45, 7) is 7.45. The number of piperazine rings is 1. The van der Waals surface area contributed by atoms with E-state index >= 15 is 0 Å². The van der Waals surface area contributed by atoms with Gasteiger partial charge in [-0.15, -0.1) is 6.58 Å². The van der Waals surface area contributed by atoms with E-state index in [1.807, 2.05) is 36.4 Å². The maximum absolute atomic E-state index is 12.8. The molecule has 0 saturated carbocycles. The Morgan fingerprint density at radius 3 is 2.64 bits per heavy atom. The zero-order chi connectivity index (χ0) is 23.0. The number of aryl methyl sites for hydroxylation is 1. The highest BCUT2D eigenvalue weighted by Gasteiger charge is 2.19. The summed E-state index contributed by atoms with van der Waals surface area (Å²) in [4.78, 5) is 35.5. The van der Waals surface area contributed by atoms with Crippen molar-refractivity contribution in [3.8, 4) is 0 Å². The minimum absolute atomic E-state index is 0.0343. The Morgan fingerprint density at radius 2 is 1.88 bits per heavy atom. The summed E-state index contributed by atoms with van der Waals surface area (Å²) in [5.74, 6) is 2.36. The lowest BCUT2D eigenvalue weighted by Crippen LogP contribution is -2.45. The number of carbonyl (C=O) groups excluding carboxylic acids is 1. The third-order valence-electron chi connectivity index (χ3n) is 5.56. The number of hydrogen-bond donors (Lipinski definition) is 1. The molecule has 0 amide bonds. The standard InChI is InChI=1S/C25H29N7O/c1-3-4-10-22-27-24(30-25(29-22)32-15-13-31(2)14-16-32)28-23-18-20(11-12-26-23)21(33)17-19-8-6-5-7-9-19/h3,5-9,11-12,18H,1,4,10,13-17H2,2H3,(H,26,27,28,29,30). The molecule has 1 N–H and O–H groups in total. The molecule has 0 radical (unpaired) electrons. The van der Waals surface area contributed by atoms with E-state index in [1.165, 1.54) is 0 Å². The van der Waals surface area contributed by atoms with Crippen LogP contribution in [0.15, 0.2) is 61.3 Å². The number of benzene rings is 1. The van der Waals surface area contributed by atoms with E-state index in [4.69, 9.17) is 0 Å². The van der Waals surface area contributed by atoms with E-state index in [0.29, 0.717) is 41.9 Å². The van der Waals surface area contributed by atoms with Gasteiger partial charge in [-0.2, -0.15) is 15.0 Å². The van der Waals surface area contributed by atoms with Crippen LogP contribution in [-0.2, 0) is 12.8 Å². The van der Waals surface area contributed by atoms with E-state index < -0.39 is 0 Å². The van der Waals surface area contributed by atoms with Crippen molar-refractivity contribution >= 4 is 23.5 Å². The van der Waals surface area contributed by atoms with Gasteiger partial charge >= 0.3 is 0 Å². The van der Waals surface area contributed by atoms with Gasteiger partial charge < -0.3 is 15.1 Å². The molecule has 0 unspecified atom stereocenters. The summed E-state index contributed by atoms with van der Waals surface area (Å²) in [6, 6.07) is 13.2. The molecule has 0 atom stereocenters. The quantitative estimate of drug-likeness (QED) is 0.398. The highest BCUT2D eigenvalue weighted by Crippen LogP contribution is 2.18. The molecule has 8 nitrogen and oxygen atoms in total. The predicted molar refractivity (Wildman–Crippen MR) is 130 cm³/mol. The first kappa shape index (κ1) is 22.5. The minimum Gasteiger partial charge on any atom is -0.338 e. The second-order valence-electron chi connectivity index (χ2n) is 8.13. The summed E-state index contributed by atoms with van der Waals surface area (Å²) in [6.07, 6.45) is 5.30. The number of nitrogens with zero attached hydrogens (tertiary/aromatic N) is 6. The van der Waals surface area contributed by atoms with Gasteiger partial charge in [0.1, 0.15) is 11.6 Å². The number of hydrogen-bond acceptors (Lipinski definition) is 8. The molecule has 33 heavy (non-hydrogen) atoms. The second kappa shape index (κ2) is 10.8. The van der Waals surface area contributed by atoms with E-state index in [2.05, 4.69) is 48.7 Å². The molecular weight excluding hydrogens is 414 g/mol. The number of Topliss-reactive ketones (excluding diaryl/α,β-unsaturated/α-hetero) is 1. The van der Waals surface area contributed by atoms with Crippen LogP contribution < -0.4 is 10.2 Å². The minimum atomic E-state index is 0.0343. The molecule has 1 aromatic carbocycles. The van der Waals surface area contributed by atoms with Crippen molar-refractivity contribution in [3.05, 3.63) is 78.3 Å². The lowest BCUT2D eigenvalue weighted by Gasteiger charge is -2.32. The maximum Gasteiger partial charge on any atom is 0.233 e. The van der Waals surface area contributed by atoms with Gasteiger partial charge in [-0.3, -0.25) is 4.79 Å². The fraction of sp³-hybridized carbons (Fsp3) is 0.320. The van der Waals surface area contributed by atoms with Gasteiger partial charge in [0.15, 0.2) is 5.78 Å². The molecular formula is C25H29N7O. The van der Waals surface area contributed by atoms with E-state index in [-0.39, 0.29) is 5.78 Å². The van der Waals surface area contributed by atoms with Crippen molar-refractivity contribution in [2.24, 2.45) is 0 Å². The zero-order valence-electron chi connectivity index (χ0n) is 18.9. The number of rotatable bonds is 9. The number of anilines is 3. The van der Waals surface area contributed by atoms with Crippen LogP contribution in [-0.4, -0.2) is 63.8 Å². The SMILES string of the molecule is C=CCCc1nc(Nc2cc(C(=O)Cc3ccccc3)ccn2)nc(N2CCN(C)CC2)n1. The lowest BCUT2D eigenvalue weighted by molar-refractivity contribution is 0.0993. The van der Waals surface area contributed by atoms with Crippen LogP contribution in [0.4, 0.5) is 17.7 Å². The number of carbonyl (C=O) groups is 1. The number of ketones is 1. The Morgan fingerprint density at radius 1 is 1.09 bits per heavy atom. The molecule has 1 aliphatic rings. The predicted octanol–water partition coefficient (Wildman–Crippen LogP) is 3.31. The highest BCUT2D eigenvalue weighted by atomic mass is 16.1. The molecule has 3 aromatic rings. The third kappa shape index (κ3) is 6.20. The second-order valence-corrected chi connectivity index (χ2v) is 8.13. The molecule has 4 rings (SSSR count). The number of allylic oxidation sites excluding steroid dienone is 1. The maximum atomic E-state index is 12.8. The molecule has 1 aliphatic heterocycles. The molecule has 0 spiro atoms. The third-order valence-corrected chi connectivity index (χ3v) is 5.56. The number of likely N-dealkylation sites (N-methyl/N-ethyl adjacent to an activating group) is 1. The molecule has 170 valence electrons. The van der Waals surface area contributed by atoms with Crippen LogP contribution in [0.1, 0.15) is 28.2 Å². The fourth-order valence-electron chi connectivity index (χ4n) is 3.62. The number of aromatic nitrogens is 4. The van der Waals surface area contributed by atoms with E-state index in [1.54, 1.807) is 18.3 Å². The summed E-state index contributed by atoms with van der Waals surface area (Å²) in [7, 11) is 2.12. The molecule has 8 heteroatoms. The lowest BCUT2D eigenvalue weighted by atomic mass is 10.0. The van der Waals surface area contributed by atoms with Crippen molar-refractivity contribution in [2.45, 2.75) is 19.3 Å². The summed E-state index contributed by atoms with van der Waals surface area (Å²) < 4.78 is 0. The average molecular weight is 444 g/mol. The van der Waals surface area contributed by atoms with Crippen LogP contribution in [0.3, 0.4) is 0 Å². The molecule has 1 fully saturated rings. The Balaban J connectivity index is 1.53. The van der Waals surface area contributed by atoms with Crippen LogP contribution in [0.2, 0.25) is 0 Å². The fourth-order valence-corrected chi connectivity index (χ4v) is 3.62. The van der Waals surface area contributed by atoms with Crippen LogP contribution in [0.5, 0.6) is 0 Å². The van der Waals surface area contributed by atoms with Gasteiger partial charge in [0.05, 0.1) is 0 Å². The highest BCUT2D eigenvalue weighted by molar-refractivity contribution is 5.98. The van der Waals surface area contributed by atoms with Gasteiger partial charge in [-0.1, -0.05) is 36.4 Å². The van der Waals surface area contributed by atoms with Gasteiger partial charge in [-0.25, -0.2) is 4.98 Å². The molecule has 2 aromatic heterocycles. The van der Waals surface area contributed by atoms with Crippen molar-refractivity contribution in [3.63, 3.8) is 0 Å². The zero-order valence-corrected chi connectivity index (χ0v) is 18.9. The summed E-state index contributed by atoms with van der Waals surface area (Å²) in [5, 5.41) is 3.18. The van der Waals surface area contributed by atoms with Gasteiger partial charge in [-0.05, 0) is 31.2 Å². The molecule has 0 aliphatic carbocycles. The monoisotopic (exact) mass is 443 g/mol. The topological polar surface area (TPSA) is 87.1 Å². The van der Waals surface area contributed by atoms with Crippen molar-refractivity contribution in [1.29, 1.82) is 0 Å². The van der Waals surface area contributed by atoms with E-state index in [0.717, 1.165) is 38.2 Å². The van der Waals surface area contributed by atoms with Crippen molar-refractivity contribution in [2.75, 3.05) is 43.4 Å². The summed E-state index contributed by atoms with van der Waals surface area (Å²) >= 11 is 0. The Bertz CT molecular complexity index is 1090. The van der Waals surface area contributed by atoms with Gasteiger partial charge in [0.25, 0.3) is 0 Å². The normalized spacial score (nSPS) is 14.2. The molecule has 3 heterocycles. The Hall–Kier alpha value is -3.65. The number of nitrogens with one attached hydrogen (secondary N) is 1. The summed E-state index contributed by atoms with van der Waals surface area (Å²) in [5.41, 5.74) is 1.58. The number of pyridine rings is 1. The largest absolute Gasteiger partial charge is 0.338 e. The average Bonchev–Trinajstić information content (AvgIpc) is 2.84. The first-order chi connectivity index (χ1) is 16.1. The first-order valence-corrected chi connectivity index (χ1v) is 11.2. The van der Waals surface area contributed by atoms with Crippen molar-refractivity contribution < 1.29 is 4.79 Å². The van der Waals surface area contributed by atoms with Gasteiger partial charge in [0, 0.05) is 50.8 Å². The van der Waals surface area contributed by atoms with Crippen LogP contribution in [0, 0.1) is 0 Å². The van der Waals surface area contributed by atoms with Crippen molar-refractivity contribution in [1.82, 2.24) is 24.8 Å². The van der Waals surface area contributed by atoms with Gasteiger partial charge in [0.2, 0.25) is 11.9 Å². The smallest absolute Gasteiger partial charge is 0.233 e. The Kier molecular flexibility index (Phi) is 7.36.